The third-order valence-corrected chi connectivity index (χ3v) is 6.90. The number of nitrogens with zero attached hydrogens (tertiary/aromatic N) is 2. The van der Waals surface area contributed by atoms with Crippen LogP contribution in [-0.4, -0.2) is 39.2 Å². The molecule has 182 valence electrons. The summed E-state index contributed by atoms with van der Waals surface area (Å²) in [5, 5.41) is 10.3. The number of carbonyl (C=O) groups excluding carboxylic acids is 1. The van der Waals surface area contributed by atoms with E-state index >= 15 is 0 Å². The number of benzene rings is 2. The number of halogens is 1. The molecule has 34 heavy (non-hydrogen) atoms. The molecule has 1 aromatic heterocycles. The van der Waals surface area contributed by atoms with Crippen molar-refractivity contribution in [3.63, 3.8) is 0 Å². The molecule has 0 saturated heterocycles. The Labute approximate surface area is 207 Å². The number of carbonyl (C=O) groups is 1. The molecular formula is C28H35ClN2O3. The second-order valence-electron chi connectivity index (χ2n) is 8.80. The molecule has 0 aliphatic heterocycles. The van der Waals surface area contributed by atoms with Crippen molar-refractivity contribution in [3.8, 4) is 5.75 Å². The van der Waals surface area contributed by atoms with Crippen LogP contribution in [0.5, 0.6) is 5.75 Å². The van der Waals surface area contributed by atoms with E-state index in [1.165, 1.54) is 12.1 Å². The lowest BCUT2D eigenvalue weighted by molar-refractivity contribution is 0.00619. The van der Waals surface area contributed by atoms with Crippen molar-refractivity contribution >= 4 is 17.6 Å². The molecule has 0 saturated carbocycles. The van der Waals surface area contributed by atoms with Gasteiger partial charge in [0.05, 0.1) is 11.3 Å². The first kappa shape index (κ1) is 25.9. The summed E-state index contributed by atoms with van der Waals surface area (Å²) < 4.78 is 8.23. The summed E-state index contributed by atoms with van der Waals surface area (Å²) in [5.41, 5.74) is 2.33. The predicted octanol–water partition coefficient (Wildman–Crippen LogP) is 6.69. The van der Waals surface area contributed by atoms with E-state index in [2.05, 4.69) is 37.2 Å². The maximum absolute atomic E-state index is 13.1. The molecule has 2 aromatic carbocycles. The normalized spacial score (nSPS) is 14.1. The maximum Gasteiger partial charge on any atom is 0.338 e. The van der Waals surface area contributed by atoms with Crippen molar-refractivity contribution in [1.82, 2.24) is 9.47 Å². The van der Waals surface area contributed by atoms with Crippen LogP contribution in [0.15, 0.2) is 66.9 Å². The molecule has 0 aliphatic rings. The Kier molecular flexibility index (Phi) is 9.20. The van der Waals surface area contributed by atoms with Crippen LogP contribution in [-0.2, 0) is 11.3 Å². The first-order valence-corrected chi connectivity index (χ1v) is 12.4. The average Bonchev–Trinajstić information content (AvgIpc) is 3.30. The van der Waals surface area contributed by atoms with Gasteiger partial charge in [-0.3, -0.25) is 4.90 Å². The van der Waals surface area contributed by atoms with Crippen LogP contribution in [0.4, 0.5) is 0 Å². The fraction of sp³-hybridized carbons (Fsp3) is 0.393. The lowest BCUT2D eigenvalue weighted by atomic mass is 10.1. The molecule has 0 amide bonds. The second kappa shape index (κ2) is 12.1. The molecule has 3 atom stereocenters. The summed E-state index contributed by atoms with van der Waals surface area (Å²) in [6, 6.07) is 18.6. The summed E-state index contributed by atoms with van der Waals surface area (Å²) in [5.74, 6) is -0.301. The maximum atomic E-state index is 13.1. The summed E-state index contributed by atoms with van der Waals surface area (Å²) in [7, 11) is 0. The van der Waals surface area contributed by atoms with E-state index < -0.39 is 12.1 Å². The van der Waals surface area contributed by atoms with Crippen molar-refractivity contribution in [1.29, 1.82) is 0 Å². The standard InChI is InChI=1S/C28H35ClN2O3/c1-5-20(3)31(21(4)6-2)19-27(34-28(33)22-13-15-24(32)16-14-22)26-12-9-17-30(26)18-23-10-7-8-11-25(23)29/h7-17,20-21,27,32H,5-6,18-19H2,1-4H3/t20-,21-,27+/m1/s1. The minimum Gasteiger partial charge on any atom is -0.508 e. The molecule has 0 bridgehead atoms. The molecule has 0 aliphatic carbocycles. The molecular weight excluding hydrogens is 448 g/mol. The number of phenolic OH excluding ortho intramolecular Hbond substituents is 1. The first-order chi connectivity index (χ1) is 16.3. The van der Waals surface area contributed by atoms with Gasteiger partial charge in [-0.05, 0) is 74.7 Å². The predicted molar refractivity (Wildman–Crippen MR) is 137 cm³/mol. The number of hydrogen-bond acceptors (Lipinski definition) is 4. The van der Waals surface area contributed by atoms with Crippen LogP contribution in [0.2, 0.25) is 5.02 Å². The quantitative estimate of drug-likeness (QED) is 0.309. The lowest BCUT2D eigenvalue weighted by Crippen LogP contribution is -2.43. The van der Waals surface area contributed by atoms with Gasteiger partial charge in [0.25, 0.3) is 0 Å². The topological polar surface area (TPSA) is 54.7 Å². The van der Waals surface area contributed by atoms with Crippen LogP contribution < -0.4 is 0 Å². The third-order valence-electron chi connectivity index (χ3n) is 6.54. The molecule has 5 nitrogen and oxygen atoms in total. The number of phenols is 1. The zero-order valence-electron chi connectivity index (χ0n) is 20.4. The van der Waals surface area contributed by atoms with Gasteiger partial charge in [-0.15, -0.1) is 0 Å². The molecule has 6 heteroatoms. The third kappa shape index (κ3) is 6.43. The molecule has 0 radical (unpaired) electrons. The van der Waals surface area contributed by atoms with Gasteiger partial charge in [0.1, 0.15) is 5.75 Å². The molecule has 3 aromatic rings. The zero-order chi connectivity index (χ0) is 24.7. The minimum atomic E-state index is -0.471. The van der Waals surface area contributed by atoms with Gasteiger partial charge < -0.3 is 14.4 Å². The van der Waals surface area contributed by atoms with Gasteiger partial charge in [0.2, 0.25) is 0 Å². The average molecular weight is 483 g/mol. The smallest absolute Gasteiger partial charge is 0.338 e. The molecule has 3 rings (SSSR count). The number of aromatic hydroxyl groups is 1. The summed E-state index contributed by atoms with van der Waals surface area (Å²) in [6.45, 7) is 9.96. The summed E-state index contributed by atoms with van der Waals surface area (Å²) >= 11 is 6.43. The van der Waals surface area contributed by atoms with Crippen molar-refractivity contribution < 1.29 is 14.6 Å². The van der Waals surface area contributed by atoms with Crippen molar-refractivity contribution in [3.05, 3.63) is 88.7 Å². The van der Waals surface area contributed by atoms with Crippen molar-refractivity contribution in [2.24, 2.45) is 0 Å². The number of esters is 1. The number of aromatic nitrogens is 1. The molecule has 0 unspecified atom stereocenters. The Morgan fingerprint density at radius 3 is 2.26 bits per heavy atom. The Hall–Kier alpha value is -2.76. The van der Waals surface area contributed by atoms with Gasteiger partial charge in [-0.2, -0.15) is 0 Å². The zero-order valence-corrected chi connectivity index (χ0v) is 21.2. The highest BCUT2D eigenvalue weighted by Gasteiger charge is 2.28. The monoisotopic (exact) mass is 482 g/mol. The highest BCUT2D eigenvalue weighted by atomic mass is 35.5. The Morgan fingerprint density at radius 1 is 1.00 bits per heavy atom. The van der Waals surface area contributed by atoms with Crippen molar-refractivity contribution in [2.75, 3.05) is 6.54 Å². The Morgan fingerprint density at radius 2 is 1.65 bits per heavy atom. The largest absolute Gasteiger partial charge is 0.508 e. The second-order valence-corrected chi connectivity index (χ2v) is 9.21. The van der Waals surface area contributed by atoms with Crippen LogP contribution in [0.25, 0.3) is 0 Å². The van der Waals surface area contributed by atoms with Gasteiger partial charge in [-0.25, -0.2) is 4.79 Å². The fourth-order valence-corrected chi connectivity index (χ4v) is 4.31. The molecule has 1 N–H and O–H groups in total. The van der Waals surface area contributed by atoms with Crippen LogP contribution in [0.1, 0.15) is 68.3 Å². The van der Waals surface area contributed by atoms with Crippen LogP contribution in [0, 0.1) is 0 Å². The SMILES string of the molecule is CC[C@@H](C)N(C[C@H](OC(=O)c1ccc(O)cc1)c1cccn1Cc1ccccc1Cl)[C@H](C)CC. The van der Waals surface area contributed by atoms with Crippen LogP contribution >= 0.6 is 11.6 Å². The van der Waals surface area contributed by atoms with Gasteiger partial charge in [-0.1, -0.05) is 43.6 Å². The van der Waals surface area contributed by atoms with E-state index in [1.807, 2.05) is 42.6 Å². The van der Waals surface area contributed by atoms with Crippen LogP contribution in [0.3, 0.4) is 0 Å². The van der Waals surface area contributed by atoms with E-state index in [-0.39, 0.29) is 5.75 Å². The van der Waals surface area contributed by atoms with Gasteiger partial charge in [0.15, 0.2) is 6.10 Å². The van der Waals surface area contributed by atoms with E-state index in [1.54, 1.807) is 12.1 Å². The van der Waals surface area contributed by atoms with Gasteiger partial charge >= 0.3 is 5.97 Å². The van der Waals surface area contributed by atoms with E-state index in [4.69, 9.17) is 16.3 Å². The van der Waals surface area contributed by atoms with E-state index in [0.717, 1.165) is 24.1 Å². The molecule has 1 heterocycles. The fourth-order valence-electron chi connectivity index (χ4n) is 4.11. The number of hydrogen-bond donors (Lipinski definition) is 1. The number of ether oxygens (including phenoxy) is 1. The molecule has 0 fully saturated rings. The minimum absolute atomic E-state index is 0.112. The highest BCUT2D eigenvalue weighted by Crippen LogP contribution is 2.27. The Balaban J connectivity index is 1.94. The molecule has 0 spiro atoms. The number of rotatable bonds is 11. The van der Waals surface area contributed by atoms with Crippen molar-refractivity contribution in [2.45, 2.75) is 65.3 Å². The van der Waals surface area contributed by atoms with E-state index in [9.17, 15) is 9.90 Å². The highest BCUT2D eigenvalue weighted by molar-refractivity contribution is 6.31. The Bertz CT molecular complexity index is 1050. The van der Waals surface area contributed by atoms with Gasteiger partial charge in [0, 0.05) is 36.4 Å². The lowest BCUT2D eigenvalue weighted by Gasteiger charge is -2.36. The summed E-state index contributed by atoms with van der Waals surface area (Å²) in [6.07, 6.45) is 3.53. The first-order valence-electron chi connectivity index (χ1n) is 12.0. The van der Waals surface area contributed by atoms with E-state index in [0.29, 0.717) is 35.8 Å². The summed E-state index contributed by atoms with van der Waals surface area (Å²) in [4.78, 5) is 15.5.